The lowest BCUT2D eigenvalue weighted by Gasteiger charge is -2.21. The van der Waals surface area contributed by atoms with E-state index in [9.17, 15) is 0 Å². The monoisotopic (exact) mass is 132 g/mol. The van der Waals surface area contributed by atoms with Gasteiger partial charge in [0.05, 0.1) is 13.2 Å². The first-order chi connectivity index (χ1) is 4.39. The smallest absolute Gasteiger partial charge is 0.0594 e. The highest BCUT2D eigenvalue weighted by atomic mass is 16.5. The van der Waals surface area contributed by atoms with Gasteiger partial charge in [-0.3, -0.25) is 0 Å². The van der Waals surface area contributed by atoms with Crippen molar-refractivity contribution in [3.05, 3.63) is 0 Å². The SMILES string of the molecule is CN.CN1CCOCC1. The number of rotatable bonds is 0. The Morgan fingerprint density at radius 3 is 1.89 bits per heavy atom. The molecule has 9 heavy (non-hydrogen) atoms. The molecule has 1 aliphatic rings. The van der Waals surface area contributed by atoms with E-state index in [0.29, 0.717) is 0 Å². The van der Waals surface area contributed by atoms with Gasteiger partial charge in [-0.2, -0.15) is 0 Å². The zero-order valence-corrected chi connectivity index (χ0v) is 6.26. The summed E-state index contributed by atoms with van der Waals surface area (Å²) in [5.74, 6) is 0. The second-order valence-corrected chi connectivity index (χ2v) is 1.92. The molecule has 0 aromatic heterocycles. The van der Waals surface area contributed by atoms with E-state index >= 15 is 0 Å². The maximum absolute atomic E-state index is 5.10. The summed E-state index contributed by atoms with van der Waals surface area (Å²) < 4.78 is 5.10. The molecule has 3 heteroatoms. The quantitative estimate of drug-likeness (QED) is 0.484. The average Bonchev–Trinajstić information content (AvgIpc) is 1.94. The van der Waals surface area contributed by atoms with Crippen LogP contribution >= 0.6 is 0 Å². The molecule has 0 amide bonds. The van der Waals surface area contributed by atoms with Gasteiger partial charge in [0, 0.05) is 13.1 Å². The molecule has 3 nitrogen and oxygen atoms in total. The number of nitrogens with two attached hydrogens (primary N) is 1. The molecule has 0 bridgehead atoms. The van der Waals surface area contributed by atoms with Gasteiger partial charge in [-0.1, -0.05) is 0 Å². The van der Waals surface area contributed by atoms with Gasteiger partial charge in [0.15, 0.2) is 0 Å². The number of morpholine rings is 1. The van der Waals surface area contributed by atoms with Crippen LogP contribution in [0.25, 0.3) is 0 Å². The Morgan fingerprint density at radius 1 is 1.22 bits per heavy atom. The Morgan fingerprint density at radius 2 is 1.67 bits per heavy atom. The van der Waals surface area contributed by atoms with E-state index in [1.54, 1.807) is 0 Å². The Kier molecular flexibility index (Phi) is 5.93. The molecular formula is C6H16N2O. The second kappa shape index (κ2) is 6.01. The fourth-order valence-electron chi connectivity index (χ4n) is 0.655. The van der Waals surface area contributed by atoms with Gasteiger partial charge in [0.25, 0.3) is 0 Å². The average molecular weight is 132 g/mol. The van der Waals surface area contributed by atoms with Crippen LogP contribution in [0, 0.1) is 0 Å². The van der Waals surface area contributed by atoms with Crippen LogP contribution in [0.4, 0.5) is 0 Å². The molecule has 1 rings (SSSR count). The molecule has 56 valence electrons. The lowest BCUT2D eigenvalue weighted by Crippen LogP contribution is -2.32. The van der Waals surface area contributed by atoms with Gasteiger partial charge < -0.3 is 15.4 Å². The first-order valence-corrected chi connectivity index (χ1v) is 3.23. The van der Waals surface area contributed by atoms with Gasteiger partial charge in [-0.15, -0.1) is 0 Å². The molecule has 1 heterocycles. The molecule has 0 radical (unpaired) electrons. The third-order valence-electron chi connectivity index (χ3n) is 1.23. The first kappa shape index (κ1) is 8.88. The van der Waals surface area contributed by atoms with Crippen LogP contribution in [-0.2, 0) is 4.74 Å². The van der Waals surface area contributed by atoms with Crippen molar-refractivity contribution in [3.8, 4) is 0 Å². The van der Waals surface area contributed by atoms with Crippen molar-refractivity contribution in [2.75, 3.05) is 40.4 Å². The van der Waals surface area contributed by atoms with E-state index in [4.69, 9.17) is 4.74 Å². The molecule has 1 aliphatic heterocycles. The Bertz CT molecular complexity index is 53.0. The van der Waals surface area contributed by atoms with Gasteiger partial charge >= 0.3 is 0 Å². The normalized spacial score (nSPS) is 20.3. The topological polar surface area (TPSA) is 38.5 Å². The zero-order chi connectivity index (χ0) is 7.11. The molecule has 1 fully saturated rings. The van der Waals surface area contributed by atoms with Crippen molar-refractivity contribution in [1.82, 2.24) is 4.90 Å². The van der Waals surface area contributed by atoms with Crippen LogP contribution in [0.15, 0.2) is 0 Å². The minimum atomic E-state index is 0.913. The summed E-state index contributed by atoms with van der Waals surface area (Å²) in [4.78, 5) is 2.27. The predicted molar refractivity (Wildman–Crippen MR) is 38.4 cm³/mol. The molecule has 1 saturated heterocycles. The molecule has 0 unspecified atom stereocenters. The van der Waals surface area contributed by atoms with Crippen molar-refractivity contribution in [1.29, 1.82) is 0 Å². The maximum atomic E-state index is 5.10. The molecular weight excluding hydrogens is 116 g/mol. The van der Waals surface area contributed by atoms with Gasteiger partial charge in [-0.05, 0) is 14.1 Å². The Hall–Kier alpha value is -0.120. The minimum absolute atomic E-state index is 0.913. The van der Waals surface area contributed by atoms with Crippen LogP contribution in [0.2, 0.25) is 0 Å². The van der Waals surface area contributed by atoms with E-state index < -0.39 is 0 Å². The third kappa shape index (κ3) is 4.39. The van der Waals surface area contributed by atoms with Gasteiger partial charge in [0.2, 0.25) is 0 Å². The molecule has 0 aromatic rings. The number of likely N-dealkylation sites (N-methyl/N-ethyl adjacent to an activating group) is 1. The lowest BCUT2D eigenvalue weighted by atomic mass is 10.5. The maximum Gasteiger partial charge on any atom is 0.0594 e. The van der Waals surface area contributed by atoms with E-state index in [-0.39, 0.29) is 0 Å². The van der Waals surface area contributed by atoms with E-state index in [1.807, 2.05) is 0 Å². The summed E-state index contributed by atoms with van der Waals surface area (Å²) in [5, 5.41) is 0. The first-order valence-electron chi connectivity index (χ1n) is 3.23. The summed E-state index contributed by atoms with van der Waals surface area (Å²) in [5.41, 5.74) is 4.50. The zero-order valence-electron chi connectivity index (χ0n) is 6.26. The molecule has 0 atom stereocenters. The van der Waals surface area contributed by atoms with E-state index in [2.05, 4.69) is 17.7 Å². The van der Waals surface area contributed by atoms with Crippen LogP contribution < -0.4 is 5.73 Å². The summed E-state index contributed by atoms with van der Waals surface area (Å²) in [7, 11) is 3.61. The number of nitrogens with zero attached hydrogens (tertiary/aromatic N) is 1. The van der Waals surface area contributed by atoms with Crippen LogP contribution in [0.3, 0.4) is 0 Å². The Balaban J connectivity index is 0.000000291. The minimum Gasteiger partial charge on any atom is -0.379 e. The Labute approximate surface area is 56.8 Å². The van der Waals surface area contributed by atoms with Gasteiger partial charge in [0.1, 0.15) is 0 Å². The van der Waals surface area contributed by atoms with Crippen LogP contribution in [0.1, 0.15) is 0 Å². The molecule has 2 N–H and O–H groups in total. The van der Waals surface area contributed by atoms with Crippen molar-refractivity contribution in [2.24, 2.45) is 5.73 Å². The standard InChI is InChI=1S/C5H11NO.CH5N/c1-6-2-4-7-5-3-6;1-2/h2-5H2,1H3;2H2,1H3. The van der Waals surface area contributed by atoms with Crippen molar-refractivity contribution in [3.63, 3.8) is 0 Å². The summed E-state index contributed by atoms with van der Waals surface area (Å²) in [6, 6.07) is 0. The van der Waals surface area contributed by atoms with Crippen LogP contribution in [0.5, 0.6) is 0 Å². The van der Waals surface area contributed by atoms with Crippen molar-refractivity contribution in [2.45, 2.75) is 0 Å². The number of hydrogen-bond acceptors (Lipinski definition) is 3. The summed E-state index contributed by atoms with van der Waals surface area (Å²) >= 11 is 0. The van der Waals surface area contributed by atoms with Crippen molar-refractivity contribution >= 4 is 0 Å². The van der Waals surface area contributed by atoms with Crippen molar-refractivity contribution < 1.29 is 4.74 Å². The van der Waals surface area contributed by atoms with Crippen LogP contribution in [-0.4, -0.2) is 45.3 Å². The highest BCUT2D eigenvalue weighted by molar-refractivity contribution is 4.53. The van der Waals surface area contributed by atoms with E-state index in [1.165, 1.54) is 7.05 Å². The summed E-state index contributed by atoms with van der Waals surface area (Å²) in [6.45, 7) is 4.02. The summed E-state index contributed by atoms with van der Waals surface area (Å²) in [6.07, 6.45) is 0. The number of ether oxygens (including phenoxy) is 1. The fraction of sp³-hybridized carbons (Fsp3) is 1.00. The number of hydrogen-bond donors (Lipinski definition) is 1. The highest BCUT2D eigenvalue weighted by Crippen LogP contribution is 1.89. The molecule has 0 saturated carbocycles. The van der Waals surface area contributed by atoms with Gasteiger partial charge in [-0.25, -0.2) is 0 Å². The fourth-order valence-corrected chi connectivity index (χ4v) is 0.655. The van der Waals surface area contributed by atoms with E-state index in [0.717, 1.165) is 26.3 Å². The molecule has 0 aromatic carbocycles. The predicted octanol–water partition coefficient (Wildman–Crippen LogP) is -0.477. The second-order valence-electron chi connectivity index (χ2n) is 1.92. The third-order valence-corrected chi connectivity index (χ3v) is 1.23. The molecule has 0 spiro atoms. The molecule has 0 aliphatic carbocycles. The lowest BCUT2D eigenvalue weighted by molar-refractivity contribution is 0.0503. The largest absolute Gasteiger partial charge is 0.379 e. The highest BCUT2D eigenvalue weighted by Gasteiger charge is 2.02.